The Bertz CT molecular complexity index is 431. The minimum Gasteiger partial charge on any atom is -0.444 e. The van der Waals surface area contributed by atoms with Crippen LogP contribution in [0.15, 0.2) is 0 Å². The Kier molecular flexibility index (Phi) is 4.51. The minimum absolute atomic E-state index is 0.0757. The van der Waals surface area contributed by atoms with E-state index in [1.807, 2.05) is 0 Å². The number of ether oxygens (including phenoxy) is 1. The monoisotopic (exact) mass is 292 g/mol. The molecule has 112 valence electrons. The van der Waals surface area contributed by atoms with E-state index in [4.69, 9.17) is 10.5 Å². The molecule has 0 heterocycles. The number of carbonyl (C=O) groups is 1. The molecule has 7 heteroatoms. The molecule has 0 atom stereocenters. The van der Waals surface area contributed by atoms with Gasteiger partial charge in [0.25, 0.3) is 0 Å². The van der Waals surface area contributed by atoms with Gasteiger partial charge >= 0.3 is 6.09 Å². The molecule has 0 spiro atoms. The molecule has 1 amide bonds. The summed E-state index contributed by atoms with van der Waals surface area (Å²) in [6.07, 6.45) is 2.49. The number of hydrogen-bond acceptors (Lipinski definition) is 5. The molecule has 1 fully saturated rings. The normalized spacial score (nSPS) is 28.8. The van der Waals surface area contributed by atoms with Gasteiger partial charge in [0.2, 0.25) is 0 Å². The molecular weight excluding hydrogens is 268 g/mol. The fourth-order valence-electron chi connectivity index (χ4n) is 2.10. The topological polar surface area (TPSA) is 98.5 Å². The number of nitrogens with two attached hydrogens (primary N) is 1. The fourth-order valence-corrected chi connectivity index (χ4v) is 3.07. The first kappa shape index (κ1) is 16.2. The molecule has 1 aliphatic rings. The van der Waals surface area contributed by atoms with E-state index in [0.29, 0.717) is 25.7 Å². The molecule has 0 aromatic carbocycles. The van der Waals surface area contributed by atoms with Crippen LogP contribution in [-0.2, 0) is 14.6 Å². The van der Waals surface area contributed by atoms with Crippen molar-refractivity contribution in [1.29, 1.82) is 0 Å². The highest BCUT2D eigenvalue weighted by Crippen LogP contribution is 2.30. The third-order valence-electron chi connectivity index (χ3n) is 3.29. The van der Waals surface area contributed by atoms with Gasteiger partial charge in [-0.2, -0.15) is 0 Å². The van der Waals surface area contributed by atoms with Crippen LogP contribution in [0.2, 0.25) is 0 Å². The highest BCUT2D eigenvalue weighted by Gasteiger charge is 2.40. The van der Waals surface area contributed by atoms with Gasteiger partial charge in [0.1, 0.15) is 10.5 Å². The Labute approximate surface area is 115 Å². The Morgan fingerprint density at radius 1 is 1.32 bits per heavy atom. The maximum absolute atomic E-state index is 11.6. The predicted octanol–water partition coefficient (Wildman–Crippen LogP) is 1.15. The number of nitrogens with one attached hydrogen (secondary N) is 1. The van der Waals surface area contributed by atoms with Gasteiger partial charge in [-0.1, -0.05) is 0 Å². The average Bonchev–Trinajstić information content (AvgIpc) is 2.17. The second kappa shape index (κ2) is 5.28. The standard InChI is InChI=1S/C12H24N2O4S/c1-11(2,3)18-10(15)14-9-5-7-12(13,8-6-9)19(4,16)17/h9H,5-8,13H2,1-4H3,(H,14,15). The molecule has 3 N–H and O–H groups in total. The van der Waals surface area contributed by atoms with Crippen LogP contribution in [0.25, 0.3) is 0 Å². The van der Waals surface area contributed by atoms with E-state index in [-0.39, 0.29) is 6.04 Å². The summed E-state index contributed by atoms with van der Waals surface area (Å²) in [4.78, 5) is 10.4. The SMILES string of the molecule is CC(C)(C)OC(=O)NC1CCC(N)(S(C)(=O)=O)CC1. The molecule has 1 rings (SSSR count). The Morgan fingerprint density at radius 3 is 2.16 bits per heavy atom. The third-order valence-corrected chi connectivity index (χ3v) is 5.18. The Hall–Kier alpha value is -0.820. The second-order valence-electron chi connectivity index (χ2n) is 6.26. The van der Waals surface area contributed by atoms with Gasteiger partial charge in [0.15, 0.2) is 9.84 Å². The maximum atomic E-state index is 11.6. The van der Waals surface area contributed by atoms with Crippen molar-refractivity contribution >= 4 is 15.9 Å². The van der Waals surface area contributed by atoms with Gasteiger partial charge in [0, 0.05) is 12.3 Å². The molecule has 0 unspecified atom stereocenters. The summed E-state index contributed by atoms with van der Waals surface area (Å²) in [6, 6.07) is -0.0757. The summed E-state index contributed by atoms with van der Waals surface area (Å²) < 4.78 is 28.3. The van der Waals surface area contributed by atoms with Crippen molar-refractivity contribution in [1.82, 2.24) is 5.32 Å². The van der Waals surface area contributed by atoms with Crippen molar-refractivity contribution in [2.24, 2.45) is 5.73 Å². The molecule has 0 saturated heterocycles. The van der Waals surface area contributed by atoms with Crippen LogP contribution >= 0.6 is 0 Å². The maximum Gasteiger partial charge on any atom is 0.407 e. The van der Waals surface area contributed by atoms with Crippen LogP contribution in [0.5, 0.6) is 0 Å². The second-order valence-corrected chi connectivity index (χ2v) is 8.61. The number of rotatable bonds is 2. The van der Waals surface area contributed by atoms with Gasteiger partial charge < -0.3 is 15.8 Å². The third kappa shape index (κ3) is 4.65. The molecule has 6 nitrogen and oxygen atoms in total. The lowest BCUT2D eigenvalue weighted by atomic mass is 9.91. The van der Waals surface area contributed by atoms with Crippen LogP contribution in [0.1, 0.15) is 46.5 Å². The van der Waals surface area contributed by atoms with Gasteiger partial charge in [-0.15, -0.1) is 0 Å². The van der Waals surface area contributed by atoms with Crippen molar-refractivity contribution in [3.8, 4) is 0 Å². The first-order valence-corrected chi connectivity index (χ1v) is 8.30. The summed E-state index contributed by atoms with van der Waals surface area (Å²) in [6.45, 7) is 5.38. The lowest BCUT2D eigenvalue weighted by Crippen LogP contribution is -2.53. The van der Waals surface area contributed by atoms with Gasteiger partial charge in [0.05, 0.1) is 0 Å². The summed E-state index contributed by atoms with van der Waals surface area (Å²) >= 11 is 0. The first-order chi connectivity index (χ1) is 8.43. The number of alkyl carbamates (subject to hydrolysis) is 1. The molecule has 0 radical (unpaired) electrons. The number of carbonyl (C=O) groups excluding carboxylic acids is 1. The molecule has 0 aromatic heterocycles. The molecular formula is C12H24N2O4S. The van der Waals surface area contributed by atoms with Crippen molar-refractivity contribution in [3.63, 3.8) is 0 Å². The summed E-state index contributed by atoms with van der Waals surface area (Å²) in [5.74, 6) is 0. The smallest absolute Gasteiger partial charge is 0.407 e. The van der Waals surface area contributed by atoms with Crippen molar-refractivity contribution in [3.05, 3.63) is 0 Å². The van der Waals surface area contributed by atoms with Gasteiger partial charge in [-0.05, 0) is 46.5 Å². The number of hydrogen-bond donors (Lipinski definition) is 2. The van der Waals surface area contributed by atoms with Crippen molar-refractivity contribution in [2.45, 2.75) is 63.0 Å². The number of sulfone groups is 1. The van der Waals surface area contributed by atoms with E-state index in [9.17, 15) is 13.2 Å². The van der Waals surface area contributed by atoms with E-state index in [1.54, 1.807) is 20.8 Å². The Balaban J connectivity index is 2.50. The molecule has 19 heavy (non-hydrogen) atoms. The largest absolute Gasteiger partial charge is 0.444 e. The van der Waals surface area contributed by atoms with E-state index in [2.05, 4.69) is 5.32 Å². The molecule has 0 aliphatic heterocycles. The zero-order valence-electron chi connectivity index (χ0n) is 12.0. The van der Waals surface area contributed by atoms with Crippen LogP contribution in [0.3, 0.4) is 0 Å². The van der Waals surface area contributed by atoms with E-state index >= 15 is 0 Å². The first-order valence-electron chi connectivity index (χ1n) is 6.41. The molecule has 1 saturated carbocycles. The molecule has 0 aromatic rings. The van der Waals surface area contributed by atoms with Crippen molar-refractivity contribution < 1.29 is 17.9 Å². The Morgan fingerprint density at radius 2 is 1.79 bits per heavy atom. The zero-order valence-corrected chi connectivity index (χ0v) is 12.8. The van der Waals surface area contributed by atoms with Crippen LogP contribution in [0, 0.1) is 0 Å². The molecule has 1 aliphatic carbocycles. The quantitative estimate of drug-likeness (QED) is 0.795. The lowest BCUT2D eigenvalue weighted by molar-refractivity contribution is 0.0489. The number of amides is 1. The fraction of sp³-hybridized carbons (Fsp3) is 0.917. The predicted molar refractivity (Wildman–Crippen MR) is 73.4 cm³/mol. The molecule has 0 bridgehead atoms. The van der Waals surface area contributed by atoms with Crippen LogP contribution in [-0.4, -0.2) is 37.3 Å². The average molecular weight is 292 g/mol. The van der Waals surface area contributed by atoms with Crippen molar-refractivity contribution in [2.75, 3.05) is 6.26 Å². The van der Waals surface area contributed by atoms with Crippen LogP contribution in [0.4, 0.5) is 4.79 Å². The van der Waals surface area contributed by atoms with E-state index in [0.717, 1.165) is 6.26 Å². The van der Waals surface area contributed by atoms with E-state index < -0.39 is 26.4 Å². The summed E-state index contributed by atoms with van der Waals surface area (Å²) in [5, 5.41) is 2.75. The summed E-state index contributed by atoms with van der Waals surface area (Å²) in [5.41, 5.74) is 5.36. The summed E-state index contributed by atoms with van der Waals surface area (Å²) in [7, 11) is -3.27. The highest BCUT2D eigenvalue weighted by atomic mass is 32.2. The van der Waals surface area contributed by atoms with Gasteiger partial charge in [-0.25, -0.2) is 13.2 Å². The van der Waals surface area contributed by atoms with Crippen LogP contribution < -0.4 is 11.1 Å². The van der Waals surface area contributed by atoms with E-state index in [1.165, 1.54) is 0 Å². The highest BCUT2D eigenvalue weighted by molar-refractivity contribution is 7.92. The minimum atomic E-state index is -3.27. The zero-order chi connectivity index (χ0) is 14.9. The van der Waals surface area contributed by atoms with Gasteiger partial charge in [-0.3, -0.25) is 0 Å². The lowest BCUT2D eigenvalue weighted by Gasteiger charge is -2.35.